The highest BCUT2D eigenvalue weighted by Crippen LogP contribution is 2.26. The number of hydrogen-bond donors (Lipinski definition) is 1. The lowest BCUT2D eigenvalue weighted by atomic mass is 10.3. The third kappa shape index (κ3) is 2.11. The van der Waals surface area contributed by atoms with E-state index in [2.05, 4.69) is 0 Å². The van der Waals surface area contributed by atoms with Crippen LogP contribution in [0.5, 0.6) is 0 Å². The second kappa shape index (κ2) is 4.07. The van der Waals surface area contributed by atoms with E-state index in [-0.39, 0.29) is 6.10 Å². The molecule has 1 saturated heterocycles. The molecule has 0 aromatic heterocycles. The van der Waals surface area contributed by atoms with Gasteiger partial charge in [-0.1, -0.05) is 12.8 Å². The first kappa shape index (κ1) is 9.62. The van der Waals surface area contributed by atoms with Crippen LogP contribution in [0.4, 0.5) is 0 Å². The molecule has 0 spiro atoms. The highest BCUT2D eigenvalue weighted by atomic mass is 32.2. The minimum absolute atomic E-state index is 0.245. The highest BCUT2D eigenvalue weighted by Gasteiger charge is 2.30. The molecule has 1 N–H and O–H groups in total. The van der Waals surface area contributed by atoms with Gasteiger partial charge in [0.25, 0.3) is 0 Å². The molecular formula is C9H17NO2S. The zero-order valence-electron chi connectivity index (χ0n) is 7.82. The van der Waals surface area contributed by atoms with Crippen molar-refractivity contribution < 1.29 is 9.32 Å². The average Bonchev–Trinajstić information content (AvgIpc) is 2.72. The normalized spacial score (nSPS) is 34.1. The van der Waals surface area contributed by atoms with Gasteiger partial charge in [0.1, 0.15) is 0 Å². The molecule has 2 aliphatic rings. The summed E-state index contributed by atoms with van der Waals surface area (Å²) in [7, 11) is -0.818. The third-order valence-corrected chi connectivity index (χ3v) is 4.85. The topological polar surface area (TPSA) is 40.5 Å². The largest absolute Gasteiger partial charge is 0.392 e. The molecule has 0 aromatic carbocycles. The maximum Gasteiger partial charge on any atom is 0.0975 e. The van der Waals surface area contributed by atoms with Gasteiger partial charge in [0.15, 0.2) is 0 Å². The summed E-state index contributed by atoms with van der Waals surface area (Å²) in [4.78, 5) is 0. The molecule has 1 aliphatic heterocycles. The molecule has 2 atom stereocenters. The zero-order valence-corrected chi connectivity index (χ0v) is 8.63. The molecule has 4 heteroatoms. The van der Waals surface area contributed by atoms with Crippen LogP contribution in [0.1, 0.15) is 32.1 Å². The predicted octanol–water partition coefficient (Wildman–Crippen LogP) is 0.659. The first-order chi connectivity index (χ1) is 6.27. The highest BCUT2D eigenvalue weighted by molar-refractivity contribution is 7.83. The van der Waals surface area contributed by atoms with Gasteiger partial charge < -0.3 is 5.11 Å². The second-order valence-electron chi connectivity index (χ2n) is 4.01. The molecule has 1 heterocycles. The summed E-state index contributed by atoms with van der Waals surface area (Å²) < 4.78 is 13.9. The molecule has 1 unspecified atom stereocenters. The summed E-state index contributed by atoms with van der Waals surface area (Å²) >= 11 is 0. The van der Waals surface area contributed by atoms with E-state index in [0.717, 1.165) is 25.8 Å². The molecule has 0 aromatic rings. The van der Waals surface area contributed by atoms with E-state index < -0.39 is 11.0 Å². The van der Waals surface area contributed by atoms with Gasteiger partial charge in [-0.25, -0.2) is 8.51 Å². The SMILES string of the molecule is O=S(C1CCCC1)N1CC[C@@H](O)C1. The van der Waals surface area contributed by atoms with Gasteiger partial charge in [0, 0.05) is 18.3 Å². The van der Waals surface area contributed by atoms with Gasteiger partial charge in [0.2, 0.25) is 0 Å². The van der Waals surface area contributed by atoms with Crippen molar-refractivity contribution in [3.05, 3.63) is 0 Å². The van der Waals surface area contributed by atoms with E-state index in [1.807, 2.05) is 4.31 Å². The Hall–Kier alpha value is 0.0700. The van der Waals surface area contributed by atoms with E-state index in [0.29, 0.717) is 11.8 Å². The minimum Gasteiger partial charge on any atom is -0.392 e. The Morgan fingerprint density at radius 3 is 2.46 bits per heavy atom. The van der Waals surface area contributed by atoms with Gasteiger partial charge in [-0.3, -0.25) is 0 Å². The van der Waals surface area contributed by atoms with Crippen LogP contribution in [-0.2, 0) is 11.0 Å². The number of β-amino-alcohol motifs (C(OH)–C–C–N with tert-alkyl or cyclic N) is 1. The molecule has 1 saturated carbocycles. The summed E-state index contributed by atoms with van der Waals surface area (Å²) in [5.74, 6) is 0. The van der Waals surface area contributed by atoms with Gasteiger partial charge in [0.05, 0.1) is 17.1 Å². The fourth-order valence-electron chi connectivity index (χ4n) is 2.17. The summed E-state index contributed by atoms with van der Waals surface area (Å²) in [6, 6.07) is 0. The standard InChI is InChI=1S/C9H17NO2S/c11-8-5-6-10(7-8)13(12)9-3-1-2-4-9/h8-9,11H,1-7H2/t8-,13?/m1/s1. The number of nitrogens with zero attached hydrogens (tertiary/aromatic N) is 1. The lowest BCUT2D eigenvalue weighted by Crippen LogP contribution is -2.31. The Morgan fingerprint density at radius 2 is 1.92 bits per heavy atom. The Labute approximate surface area is 81.7 Å². The number of aliphatic hydroxyl groups excluding tert-OH is 1. The summed E-state index contributed by atoms with van der Waals surface area (Å²) in [5.41, 5.74) is 0. The Morgan fingerprint density at radius 1 is 1.23 bits per heavy atom. The van der Waals surface area contributed by atoms with E-state index in [9.17, 15) is 9.32 Å². The van der Waals surface area contributed by atoms with Gasteiger partial charge in [-0.15, -0.1) is 0 Å². The predicted molar refractivity (Wildman–Crippen MR) is 52.6 cm³/mol. The third-order valence-electron chi connectivity index (χ3n) is 2.97. The first-order valence-electron chi connectivity index (χ1n) is 5.11. The van der Waals surface area contributed by atoms with Crippen molar-refractivity contribution in [2.45, 2.75) is 43.5 Å². The molecule has 2 fully saturated rings. The van der Waals surface area contributed by atoms with Crippen LogP contribution in [0, 0.1) is 0 Å². The maximum absolute atomic E-state index is 11.9. The summed E-state index contributed by atoms with van der Waals surface area (Å²) in [5, 5.41) is 9.70. The van der Waals surface area contributed by atoms with E-state index in [4.69, 9.17) is 0 Å². The number of hydrogen-bond acceptors (Lipinski definition) is 2. The fourth-order valence-corrected chi connectivity index (χ4v) is 3.94. The molecule has 0 bridgehead atoms. The lowest BCUT2D eigenvalue weighted by molar-refractivity contribution is 0.190. The van der Waals surface area contributed by atoms with Crippen LogP contribution in [-0.4, -0.2) is 38.1 Å². The maximum atomic E-state index is 11.9. The van der Waals surface area contributed by atoms with Crippen molar-refractivity contribution in [3.8, 4) is 0 Å². The van der Waals surface area contributed by atoms with Crippen molar-refractivity contribution >= 4 is 11.0 Å². The van der Waals surface area contributed by atoms with Gasteiger partial charge >= 0.3 is 0 Å². The first-order valence-corrected chi connectivity index (χ1v) is 6.28. The minimum atomic E-state index is -0.818. The van der Waals surface area contributed by atoms with Crippen LogP contribution >= 0.6 is 0 Å². The van der Waals surface area contributed by atoms with Gasteiger partial charge in [-0.05, 0) is 19.3 Å². The van der Waals surface area contributed by atoms with E-state index >= 15 is 0 Å². The van der Waals surface area contributed by atoms with E-state index in [1.54, 1.807) is 0 Å². The molecule has 0 amide bonds. The van der Waals surface area contributed by atoms with Crippen LogP contribution in [0.15, 0.2) is 0 Å². The van der Waals surface area contributed by atoms with Crippen LogP contribution in [0.25, 0.3) is 0 Å². The van der Waals surface area contributed by atoms with Crippen molar-refractivity contribution in [1.82, 2.24) is 4.31 Å². The molecule has 76 valence electrons. The van der Waals surface area contributed by atoms with Crippen molar-refractivity contribution in [1.29, 1.82) is 0 Å². The molecule has 3 nitrogen and oxygen atoms in total. The van der Waals surface area contributed by atoms with Crippen LogP contribution in [0.2, 0.25) is 0 Å². The van der Waals surface area contributed by atoms with Crippen molar-refractivity contribution in [2.75, 3.05) is 13.1 Å². The summed E-state index contributed by atoms with van der Waals surface area (Å²) in [6.45, 7) is 1.42. The molecular weight excluding hydrogens is 186 g/mol. The quantitative estimate of drug-likeness (QED) is 0.716. The Kier molecular flexibility index (Phi) is 3.01. The van der Waals surface area contributed by atoms with Crippen LogP contribution < -0.4 is 0 Å². The Bertz CT molecular complexity index is 204. The average molecular weight is 203 g/mol. The van der Waals surface area contributed by atoms with Gasteiger partial charge in [-0.2, -0.15) is 0 Å². The van der Waals surface area contributed by atoms with E-state index in [1.165, 1.54) is 12.8 Å². The lowest BCUT2D eigenvalue weighted by Gasteiger charge is -2.18. The monoisotopic (exact) mass is 203 g/mol. The smallest absolute Gasteiger partial charge is 0.0975 e. The fraction of sp³-hybridized carbons (Fsp3) is 1.00. The molecule has 13 heavy (non-hydrogen) atoms. The molecule has 0 radical (unpaired) electrons. The zero-order chi connectivity index (χ0) is 9.26. The number of aliphatic hydroxyl groups is 1. The molecule has 2 rings (SSSR count). The second-order valence-corrected chi connectivity index (χ2v) is 5.75. The summed E-state index contributed by atoms with van der Waals surface area (Å²) in [6.07, 6.45) is 5.22. The Balaban J connectivity index is 1.89. The van der Waals surface area contributed by atoms with Crippen molar-refractivity contribution in [2.24, 2.45) is 0 Å². The molecule has 1 aliphatic carbocycles. The van der Waals surface area contributed by atoms with Crippen LogP contribution in [0.3, 0.4) is 0 Å². The van der Waals surface area contributed by atoms with Crippen molar-refractivity contribution in [3.63, 3.8) is 0 Å². The number of rotatable bonds is 2.